The molecule has 4 N–H and O–H groups in total. The molecule has 0 fully saturated rings. The zero-order valence-electron chi connectivity index (χ0n) is 13.0. The van der Waals surface area contributed by atoms with Crippen molar-refractivity contribution < 1.29 is 19.1 Å². The van der Waals surface area contributed by atoms with Crippen LogP contribution in [-0.2, 0) is 15.1 Å². The minimum atomic E-state index is -1.42. The number of amides is 2. The van der Waals surface area contributed by atoms with Gasteiger partial charge in [-0.3, -0.25) is 0 Å². The minimum absolute atomic E-state index is 0.187. The van der Waals surface area contributed by atoms with E-state index in [2.05, 4.69) is 0 Å². The van der Waals surface area contributed by atoms with Crippen molar-refractivity contribution in [2.75, 3.05) is 0 Å². The number of halogens is 2. The summed E-state index contributed by atoms with van der Waals surface area (Å²) in [6, 6.07) is 4.86. The number of hydrogen-bond acceptors (Lipinski definition) is 4. The van der Waals surface area contributed by atoms with Gasteiger partial charge in [0.2, 0.25) is 0 Å². The summed E-state index contributed by atoms with van der Waals surface area (Å²) >= 11 is 12.3. The Labute approximate surface area is 145 Å². The number of benzene rings is 1. The predicted octanol–water partition coefficient (Wildman–Crippen LogP) is 3.96. The zero-order valence-corrected chi connectivity index (χ0v) is 14.5. The molecule has 1 rings (SSSR count). The molecule has 0 bridgehead atoms. The summed E-state index contributed by atoms with van der Waals surface area (Å²) in [5.41, 5.74) is 9.30. The lowest BCUT2D eigenvalue weighted by Crippen LogP contribution is -2.46. The Bertz CT molecular complexity index is 583. The molecule has 0 aliphatic carbocycles. The Morgan fingerprint density at radius 3 is 2.43 bits per heavy atom. The highest BCUT2D eigenvalue weighted by Crippen LogP contribution is 2.40. The molecule has 6 nitrogen and oxygen atoms in total. The Kier molecular flexibility index (Phi) is 6.97. The van der Waals surface area contributed by atoms with Crippen LogP contribution in [0.15, 0.2) is 18.2 Å². The Hall–Kier alpha value is -1.66. The third-order valence-corrected chi connectivity index (χ3v) is 4.31. The molecule has 2 atom stereocenters. The predicted molar refractivity (Wildman–Crippen MR) is 88.5 cm³/mol. The fourth-order valence-corrected chi connectivity index (χ4v) is 2.85. The van der Waals surface area contributed by atoms with Crippen LogP contribution in [0.2, 0.25) is 10.0 Å². The van der Waals surface area contributed by atoms with Crippen LogP contribution in [0.4, 0.5) is 9.59 Å². The molecule has 0 aromatic heterocycles. The normalized spacial score (nSPS) is 14.6. The first kappa shape index (κ1) is 19.4. The fourth-order valence-electron chi connectivity index (χ4n) is 2.37. The van der Waals surface area contributed by atoms with Gasteiger partial charge in [0.15, 0.2) is 5.60 Å². The van der Waals surface area contributed by atoms with Gasteiger partial charge < -0.3 is 20.9 Å². The van der Waals surface area contributed by atoms with E-state index >= 15 is 0 Å². The minimum Gasteiger partial charge on any atom is -0.442 e. The van der Waals surface area contributed by atoms with E-state index in [1.54, 1.807) is 25.1 Å². The van der Waals surface area contributed by atoms with Crippen LogP contribution in [-0.4, -0.2) is 18.3 Å². The third-order valence-electron chi connectivity index (χ3n) is 3.49. The average molecular weight is 363 g/mol. The van der Waals surface area contributed by atoms with Gasteiger partial charge in [-0.25, -0.2) is 9.59 Å². The van der Waals surface area contributed by atoms with Crippen molar-refractivity contribution in [1.82, 2.24) is 0 Å². The van der Waals surface area contributed by atoms with Crippen LogP contribution in [0, 0.1) is 0 Å². The summed E-state index contributed by atoms with van der Waals surface area (Å²) in [5, 5.41) is 0.462. The van der Waals surface area contributed by atoms with Gasteiger partial charge in [0.05, 0.1) is 10.0 Å². The maximum absolute atomic E-state index is 11.4. The SMILES string of the molecule is CCCCC(OC(N)=O)C(C)(OC(N)=O)c1cccc(Cl)c1Cl. The topological polar surface area (TPSA) is 105 Å². The molecule has 0 spiro atoms. The lowest BCUT2D eigenvalue weighted by Gasteiger charge is -2.36. The standard InChI is InChI=1S/C15H20Cl2N2O4/c1-3-4-8-11(22-13(18)20)15(2,23-14(19)21)9-6-5-7-10(16)12(9)17/h5-7,11H,3-4,8H2,1-2H3,(H2,18,20)(H2,19,21). The molecule has 0 saturated carbocycles. The largest absolute Gasteiger partial charge is 0.442 e. The lowest BCUT2D eigenvalue weighted by molar-refractivity contribution is -0.0790. The monoisotopic (exact) mass is 362 g/mol. The quantitative estimate of drug-likeness (QED) is 0.765. The number of unbranched alkanes of at least 4 members (excludes halogenated alkanes) is 1. The molecule has 2 unspecified atom stereocenters. The third kappa shape index (κ3) is 4.91. The van der Waals surface area contributed by atoms with Crippen LogP contribution in [0.1, 0.15) is 38.7 Å². The van der Waals surface area contributed by atoms with Crippen molar-refractivity contribution in [1.29, 1.82) is 0 Å². The number of carbonyl (C=O) groups is 2. The van der Waals surface area contributed by atoms with Crippen LogP contribution in [0.3, 0.4) is 0 Å². The molecule has 0 radical (unpaired) electrons. The summed E-state index contributed by atoms with van der Waals surface area (Å²) in [7, 11) is 0. The second-order valence-electron chi connectivity index (χ2n) is 5.20. The fraction of sp³-hybridized carbons (Fsp3) is 0.467. The van der Waals surface area contributed by atoms with E-state index in [1.807, 2.05) is 6.92 Å². The maximum Gasteiger partial charge on any atom is 0.405 e. The van der Waals surface area contributed by atoms with E-state index in [-0.39, 0.29) is 10.0 Å². The summed E-state index contributed by atoms with van der Waals surface area (Å²) in [5.74, 6) is 0. The Morgan fingerprint density at radius 2 is 1.91 bits per heavy atom. The zero-order chi connectivity index (χ0) is 17.6. The van der Waals surface area contributed by atoms with Crippen molar-refractivity contribution in [3.8, 4) is 0 Å². The van der Waals surface area contributed by atoms with E-state index in [0.29, 0.717) is 18.4 Å². The van der Waals surface area contributed by atoms with Crippen LogP contribution in [0.25, 0.3) is 0 Å². The number of nitrogens with two attached hydrogens (primary N) is 2. The van der Waals surface area contributed by atoms with Gasteiger partial charge >= 0.3 is 12.2 Å². The van der Waals surface area contributed by atoms with Gasteiger partial charge in [-0.1, -0.05) is 48.7 Å². The van der Waals surface area contributed by atoms with Crippen molar-refractivity contribution in [2.24, 2.45) is 11.5 Å². The smallest absolute Gasteiger partial charge is 0.405 e. The summed E-state index contributed by atoms with van der Waals surface area (Å²) in [4.78, 5) is 22.7. The van der Waals surface area contributed by atoms with Gasteiger partial charge in [0.25, 0.3) is 0 Å². The van der Waals surface area contributed by atoms with E-state index in [0.717, 1.165) is 6.42 Å². The Morgan fingerprint density at radius 1 is 1.26 bits per heavy atom. The van der Waals surface area contributed by atoms with E-state index in [4.69, 9.17) is 44.1 Å². The number of rotatable bonds is 7. The molecule has 0 aliphatic heterocycles. The molecule has 1 aromatic carbocycles. The Balaban J connectivity index is 3.39. The number of carbonyl (C=O) groups excluding carboxylic acids is 2. The van der Waals surface area contributed by atoms with Gasteiger partial charge in [-0.2, -0.15) is 0 Å². The second kappa shape index (κ2) is 8.26. The highest BCUT2D eigenvalue weighted by molar-refractivity contribution is 6.42. The first-order chi connectivity index (χ1) is 10.7. The van der Waals surface area contributed by atoms with E-state index in [9.17, 15) is 9.59 Å². The van der Waals surface area contributed by atoms with E-state index < -0.39 is 23.9 Å². The number of ether oxygens (including phenoxy) is 2. The molecular weight excluding hydrogens is 343 g/mol. The molecule has 2 amide bonds. The second-order valence-corrected chi connectivity index (χ2v) is 5.98. The molecular formula is C15H20Cl2N2O4. The molecule has 23 heavy (non-hydrogen) atoms. The maximum atomic E-state index is 11.4. The van der Waals surface area contributed by atoms with Crippen LogP contribution < -0.4 is 11.5 Å². The molecule has 0 heterocycles. The first-order valence-corrected chi connectivity index (χ1v) is 7.87. The van der Waals surface area contributed by atoms with E-state index in [1.165, 1.54) is 0 Å². The van der Waals surface area contributed by atoms with Gasteiger partial charge in [0.1, 0.15) is 6.10 Å². The summed E-state index contributed by atoms with van der Waals surface area (Å²) < 4.78 is 10.5. The number of primary amides is 2. The van der Waals surface area contributed by atoms with Gasteiger partial charge in [-0.15, -0.1) is 0 Å². The average Bonchev–Trinajstić information content (AvgIpc) is 2.45. The lowest BCUT2D eigenvalue weighted by atomic mass is 9.86. The van der Waals surface area contributed by atoms with Gasteiger partial charge in [-0.05, 0) is 25.8 Å². The summed E-state index contributed by atoms with van der Waals surface area (Å²) in [6.07, 6.45) is -0.904. The van der Waals surface area contributed by atoms with Crippen LogP contribution >= 0.6 is 23.2 Å². The van der Waals surface area contributed by atoms with Crippen molar-refractivity contribution >= 4 is 35.4 Å². The molecule has 0 saturated heterocycles. The summed E-state index contributed by atoms with van der Waals surface area (Å²) in [6.45, 7) is 3.53. The van der Waals surface area contributed by atoms with Crippen LogP contribution in [0.5, 0.6) is 0 Å². The number of hydrogen-bond donors (Lipinski definition) is 2. The molecule has 8 heteroatoms. The molecule has 0 aliphatic rings. The highest BCUT2D eigenvalue weighted by Gasteiger charge is 2.43. The first-order valence-electron chi connectivity index (χ1n) is 7.11. The molecule has 128 valence electrons. The van der Waals surface area contributed by atoms with Crippen molar-refractivity contribution in [3.63, 3.8) is 0 Å². The van der Waals surface area contributed by atoms with Gasteiger partial charge in [0, 0.05) is 5.56 Å². The van der Waals surface area contributed by atoms with Crippen molar-refractivity contribution in [2.45, 2.75) is 44.8 Å². The molecule has 1 aromatic rings. The highest BCUT2D eigenvalue weighted by atomic mass is 35.5. The van der Waals surface area contributed by atoms with Crippen molar-refractivity contribution in [3.05, 3.63) is 33.8 Å².